The van der Waals surface area contributed by atoms with E-state index in [1.807, 2.05) is 13.8 Å². The van der Waals surface area contributed by atoms with E-state index in [1.54, 1.807) is 29.2 Å². The standard InChI is InChI=1S/C21H27N3O3S/c1-3-24(4-2)21(26)15-9-11-16(12-10-15)22-20(25)14-28-13-18-17-7-5-6-8-19(17)27-23-18/h9-12H,3-8,13-14H2,1-2H3,(H,22,25). The van der Waals surface area contributed by atoms with E-state index in [9.17, 15) is 9.59 Å². The molecular formula is C21H27N3O3S. The second kappa shape index (κ2) is 9.78. The Bertz CT molecular complexity index is 813. The van der Waals surface area contributed by atoms with Gasteiger partial charge in [0.2, 0.25) is 5.91 Å². The number of amides is 2. The number of rotatable bonds is 8. The summed E-state index contributed by atoms with van der Waals surface area (Å²) in [5.41, 5.74) is 3.55. The Morgan fingerprint density at radius 1 is 1.14 bits per heavy atom. The van der Waals surface area contributed by atoms with Gasteiger partial charge in [-0.25, -0.2) is 0 Å². The number of hydrogen-bond acceptors (Lipinski definition) is 5. The molecule has 1 aliphatic carbocycles. The van der Waals surface area contributed by atoms with Gasteiger partial charge >= 0.3 is 0 Å². The second-order valence-corrected chi connectivity index (χ2v) is 7.82. The van der Waals surface area contributed by atoms with Crippen LogP contribution < -0.4 is 5.32 Å². The molecule has 0 atom stereocenters. The van der Waals surface area contributed by atoms with E-state index in [2.05, 4.69) is 10.5 Å². The van der Waals surface area contributed by atoms with Crippen molar-refractivity contribution in [3.63, 3.8) is 0 Å². The highest BCUT2D eigenvalue weighted by atomic mass is 32.2. The van der Waals surface area contributed by atoms with Crippen molar-refractivity contribution >= 4 is 29.3 Å². The summed E-state index contributed by atoms with van der Waals surface area (Å²) in [5, 5.41) is 7.05. The van der Waals surface area contributed by atoms with Gasteiger partial charge in [-0.05, 0) is 57.4 Å². The lowest BCUT2D eigenvalue weighted by molar-refractivity contribution is -0.113. The molecule has 0 bridgehead atoms. The monoisotopic (exact) mass is 401 g/mol. The Balaban J connectivity index is 1.47. The SMILES string of the molecule is CCN(CC)C(=O)c1ccc(NC(=O)CSCc2noc3c2CCCC3)cc1. The fraction of sp³-hybridized carbons (Fsp3) is 0.476. The van der Waals surface area contributed by atoms with Crippen LogP contribution >= 0.6 is 11.8 Å². The van der Waals surface area contributed by atoms with Crippen LogP contribution in [0.1, 0.15) is 54.1 Å². The normalized spacial score (nSPS) is 13.1. The zero-order valence-electron chi connectivity index (χ0n) is 16.5. The average Bonchev–Trinajstić information content (AvgIpc) is 3.12. The van der Waals surface area contributed by atoms with Crippen molar-refractivity contribution in [2.24, 2.45) is 0 Å². The van der Waals surface area contributed by atoms with Crippen molar-refractivity contribution in [2.75, 3.05) is 24.2 Å². The molecule has 1 N–H and O–H groups in total. The molecule has 0 saturated carbocycles. The number of aryl methyl sites for hydroxylation is 1. The minimum absolute atomic E-state index is 0.00868. The first-order chi connectivity index (χ1) is 13.6. The Hall–Kier alpha value is -2.28. The molecule has 0 radical (unpaired) electrons. The number of benzene rings is 1. The number of fused-ring (bicyclic) bond motifs is 1. The molecule has 28 heavy (non-hydrogen) atoms. The van der Waals surface area contributed by atoms with Crippen LogP contribution in [0.15, 0.2) is 28.8 Å². The predicted octanol–water partition coefficient (Wildman–Crippen LogP) is 3.91. The molecule has 6 nitrogen and oxygen atoms in total. The lowest BCUT2D eigenvalue weighted by Gasteiger charge is -2.18. The van der Waals surface area contributed by atoms with Crippen LogP contribution in [0.4, 0.5) is 5.69 Å². The number of nitrogens with zero attached hydrogens (tertiary/aromatic N) is 2. The van der Waals surface area contributed by atoms with Crippen LogP contribution in [0.3, 0.4) is 0 Å². The van der Waals surface area contributed by atoms with Crippen molar-refractivity contribution in [3.8, 4) is 0 Å². The van der Waals surface area contributed by atoms with Crippen molar-refractivity contribution in [3.05, 3.63) is 46.8 Å². The van der Waals surface area contributed by atoms with Crippen molar-refractivity contribution in [1.82, 2.24) is 10.1 Å². The van der Waals surface area contributed by atoms with Crippen LogP contribution in [0.2, 0.25) is 0 Å². The van der Waals surface area contributed by atoms with Crippen LogP contribution in [-0.4, -0.2) is 40.7 Å². The summed E-state index contributed by atoms with van der Waals surface area (Å²) in [6, 6.07) is 7.05. The third kappa shape index (κ3) is 4.95. The smallest absolute Gasteiger partial charge is 0.253 e. The Kier molecular flexibility index (Phi) is 7.14. The van der Waals surface area contributed by atoms with E-state index in [1.165, 1.54) is 23.7 Å². The summed E-state index contributed by atoms with van der Waals surface area (Å²) in [7, 11) is 0. The van der Waals surface area contributed by atoms with E-state index in [4.69, 9.17) is 4.52 Å². The summed E-state index contributed by atoms with van der Waals surface area (Å²) in [6.07, 6.45) is 4.34. The molecule has 150 valence electrons. The lowest BCUT2D eigenvalue weighted by Crippen LogP contribution is -2.30. The van der Waals surface area contributed by atoms with Crippen LogP contribution in [0, 0.1) is 0 Å². The van der Waals surface area contributed by atoms with Gasteiger partial charge in [0, 0.05) is 42.1 Å². The molecule has 2 aromatic rings. The molecule has 2 amide bonds. The quantitative estimate of drug-likeness (QED) is 0.726. The Morgan fingerprint density at radius 3 is 2.57 bits per heavy atom. The summed E-state index contributed by atoms with van der Waals surface area (Å²) in [4.78, 5) is 26.3. The van der Waals surface area contributed by atoms with E-state index in [0.717, 1.165) is 30.7 Å². The number of nitrogens with one attached hydrogen (secondary N) is 1. The van der Waals surface area contributed by atoms with Crippen molar-refractivity contribution in [1.29, 1.82) is 0 Å². The minimum Gasteiger partial charge on any atom is -0.361 e. The summed E-state index contributed by atoms with van der Waals surface area (Å²) < 4.78 is 5.41. The van der Waals surface area contributed by atoms with Gasteiger partial charge in [-0.3, -0.25) is 9.59 Å². The largest absolute Gasteiger partial charge is 0.361 e. The van der Waals surface area contributed by atoms with Crippen LogP contribution in [-0.2, 0) is 23.4 Å². The lowest BCUT2D eigenvalue weighted by atomic mass is 9.97. The number of anilines is 1. The molecule has 7 heteroatoms. The molecule has 0 spiro atoms. The molecule has 1 aromatic carbocycles. The zero-order chi connectivity index (χ0) is 19.9. The van der Waals surface area contributed by atoms with E-state index in [0.29, 0.717) is 35.8 Å². The van der Waals surface area contributed by atoms with Crippen molar-refractivity contribution < 1.29 is 14.1 Å². The van der Waals surface area contributed by atoms with Gasteiger partial charge in [-0.15, -0.1) is 11.8 Å². The van der Waals surface area contributed by atoms with E-state index >= 15 is 0 Å². The first kappa shape index (κ1) is 20.5. The van der Waals surface area contributed by atoms with Crippen molar-refractivity contribution in [2.45, 2.75) is 45.3 Å². The van der Waals surface area contributed by atoms with Crippen LogP contribution in [0.25, 0.3) is 0 Å². The average molecular weight is 402 g/mol. The molecule has 0 saturated heterocycles. The molecule has 3 rings (SSSR count). The van der Waals surface area contributed by atoms with Gasteiger partial charge in [0.05, 0.1) is 11.4 Å². The molecule has 0 fully saturated rings. The molecular weight excluding hydrogens is 374 g/mol. The van der Waals surface area contributed by atoms with E-state index in [-0.39, 0.29) is 11.8 Å². The van der Waals surface area contributed by atoms with E-state index < -0.39 is 0 Å². The Morgan fingerprint density at radius 2 is 1.86 bits per heavy atom. The Labute approximate surface area is 170 Å². The summed E-state index contributed by atoms with van der Waals surface area (Å²) in [6.45, 7) is 5.28. The summed E-state index contributed by atoms with van der Waals surface area (Å²) >= 11 is 1.53. The third-order valence-corrected chi connectivity index (χ3v) is 5.91. The van der Waals surface area contributed by atoms with Gasteiger partial charge in [-0.2, -0.15) is 0 Å². The summed E-state index contributed by atoms with van der Waals surface area (Å²) in [5.74, 6) is 2.00. The molecule has 0 unspecified atom stereocenters. The topological polar surface area (TPSA) is 75.4 Å². The van der Waals surface area contributed by atoms with Gasteiger partial charge in [-0.1, -0.05) is 5.16 Å². The second-order valence-electron chi connectivity index (χ2n) is 6.83. The molecule has 0 aliphatic heterocycles. The number of carbonyl (C=O) groups is 2. The third-order valence-electron chi connectivity index (χ3n) is 4.97. The highest BCUT2D eigenvalue weighted by Crippen LogP contribution is 2.26. The zero-order valence-corrected chi connectivity index (χ0v) is 17.3. The fourth-order valence-corrected chi connectivity index (χ4v) is 4.17. The highest BCUT2D eigenvalue weighted by molar-refractivity contribution is 7.99. The number of thioether (sulfide) groups is 1. The molecule has 1 aromatic heterocycles. The maximum Gasteiger partial charge on any atom is 0.253 e. The fourth-order valence-electron chi connectivity index (χ4n) is 3.39. The predicted molar refractivity (Wildman–Crippen MR) is 112 cm³/mol. The highest BCUT2D eigenvalue weighted by Gasteiger charge is 2.19. The molecule has 1 aliphatic rings. The maximum absolute atomic E-state index is 12.3. The van der Waals surface area contributed by atoms with Crippen LogP contribution in [0.5, 0.6) is 0 Å². The van der Waals surface area contributed by atoms with Gasteiger partial charge < -0.3 is 14.7 Å². The van der Waals surface area contributed by atoms with Gasteiger partial charge in [0.15, 0.2) is 0 Å². The first-order valence-corrected chi connectivity index (χ1v) is 11.0. The van der Waals surface area contributed by atoms with Gasteiger partial charge in [0.25, 0.3) is 5.91 Å². The number of aromatic nitrogens is 1. The number of hydrogen-bond donors (Lipinski definition) is 1. The number of carbonyl (C=O) groups excluding carboxylic acids is 2. The first-order valence-electron chi connectivity index (χ1n) is 9.85. The molecule has 1 heterocycles. The maximum atomic E-state index is 12.3. The van der Waals surface area contributed by atoms with Gasteiger partial charge in [0.1, 0.15) is 5.76 Å². The minimum atomic E-state index is -0.0646.